The molecule has 1 aromatic carbocycles. The second kappa shape index (κ2) is 6.85. The van der Waals surface area contributed by atoms with Gasteiger partial charge in [0.2, 0.25) is 0 Å². The monoisotopic (exact) mass is 247 g/mol. The minimum Gasteiger partial charge on any atom is -0.466 e. The zero-order valence-electron chi connectivity index (χ0n) is 9.79. The minimum atomic E-state index is -0.719. The second-order valence-corrected chi connectivity index (χ2v) is 3.26. The van der Waals surface area contributed by atoms with Crippen LogP contribution < -0.4 is 11.2 Å². The lowest BCUT2D eigenvalue weighted by Gasteiger charge is -1.96. The van der Waals surface area contributed by atoms with Gasteiger partial charge in [0.25, 0.3) is 0 Å². The highest BCUT2D eigenvalue weighted by Crippen LogP contribution is 2.04. The molecule has 1 aromatic rings. The average molecular weight is 247 g/mol. The largest absolute Gasteiger partial charge is 0.466 e. The smallest absolute Gasteiger partial charge is 0.332 e. The van der Waals surface area contributed by atoms with E-state index in [0.29, 0.717) is 0 Å². The average Bonchev–Trinajstić information content (AvgIpc) is 2.37. The third kappa shape index (κ3) is 4.93. The van der Waals surface area contributed by atoms with Crippen LogP contribution in [-0.2, 0) is 9.53 Å². The molecule has 0 spiro atoms. The van der Waals surface area contributed by atoms with Gasteiger partial charge in [0.1, 0.15) is 0 Å². The van der Waals surface area contributed by atoms with Crippen LogP contribution in [-0.4, -0.2) is 25.3 Å². The predicted molar refractivity (Wildman–Crippen MR) is 67.8 cm³/mol. The standard InChI is InChI=1S/C12H13N3O3/c1-18-11(16)7-6-9-2-4-10(5-3-9)8-14-15-12(13)17/h2-8H,1H3,(H3,13,15,17). The van der Waals surface area contributed by atoms with Crippen LogP contribution in [0, 0.1) is 0 Å². The van der Waals surface area contributed by atoms with E-state index in [1.165, 1.54) is 19.4 Å². The van der Waals surface area contributed by atoms with E-state index in [1.807, 2.05) is 0 Å². The SMILES string of the molecule is COC(=O)C=Cc1ccc(C=NNC(N)=O)cc1. The fraction of sp³-hybridized carbons (Fsp3) is 0.0833. The summed E-state index contributed by atoms with van der Waals surface area (Å²) in [5.74, 6) is -0.411. The Labute approximate surface area is 104 Å². The number of esters is 1. The summed E-state index contributed by atoms with van der Waals surface area (Å²) in [6, 6.07) is 6.44. The fourth-order valence-electron chi connectivity index (χ4n) is 1.10. The molecular formula is C12H13N3O3. The van der Waals surface area contributed by atoms with Gasteiger partial charge in [-0.25, -0.2) is 15.0 Å². The Kier molecular flexibility index (Phi) is 5.11. The fourth-order valence-corrected chi connectivity index (χ4v) is 1.10. The van der Waals surface area contributed by atoms with Crippen LogP contribution in [0.2, 0.25) is 0 Å². The Bertz CT molecular complexity index is 478. The van der Waals surface area contributed by atoms with Gasteiger partial charge in [-0.3, -0.25) is 0 Å². The van der Waals surface area contributed by atoms with Crippen molar-refractivity contribution in [2.75, 3.05) is 7.11 Å². The van der Waals surface area contributed by atoms with E-state index in [9.17, 15) is 9.59 Å². The van der Waals surface area contributed by atoms with Crippen molar-refractivity contribution in [3.05, 3.63) is 41.5 Å². The lowest BCUT2D eigenvalue weighted by molar-refractivity contribution is -0.134. The van der Waals surface area contributed by atoms with E-state index < -0.39 is 12.0 Å². The number of hydrogen-bond donors (Lipinski definition) is 2. The zero-order valence-corrected chi connectivity index (χ0v) is 9.79. The van der Waals surface area contributed by atoms with Crippen molar-refractivity contribution in [1.82, 2.24) is 5.43 Å². The number of methoxy groups -OCH3 is 1. The summed E-state index contributed by atoms with van der Waals surface area (Å²) < 4.78 is 4.47. The van der Waals surface area contributed by atoms with E-state index in [1.54, 1.807) is 30.3 Å². The van der Waals surface area contributed by atoms with Gasteiger partial charge in [-0.15, -0.1) is 0 Å². The molecule has 0 aliphatic carbocycles. The van der Waals surface area contributed by atoms with Crippen molar-refractivity contribution >= 4 is 24.3 Å². The molecule has 2 amide bonds. The summed E-state index contributed by atoms with van der Waals surface area (Å²) in [6.45, 7) is 0. The number of carbonyl (C=O) groups is 2. The van der Waals surface area contributed by atoms with Crippen molar-refractivity contribution < 1.29 is 14.3 Å². The summed E-state index contributed by atoms with van der Waals surface area (Å²) in [5, 5.41) is 3.62. The summed E-state index contributed by atoms with van der Waals surface area (Å²) in [4.78, 5) is 21.2. The third-order valence-corrected chi connectivity index (χ3v) is 1.94. The zero-order chi connectivity index (χ0) is 13.4. The highest BCUT2D eigenvalue weighted by atomic mass is 16.5. The van der Waals surface area contributed by atoms with Crippen LogP contribution in [0.25, 0.3) is 6.08 Å². The number of nitrogens with zero attached hydrogens (tertiary/aromatic N) is 1. The van der Waals surface area contributed by atoms with Crippen LogP contribution in [0.1, 0.15) is 11.1 Å². The third-order valence-electron chi connectivity index (χ3n) is 1.94. The first kappa shape index (κ1) is 13.4. The number of nitrogens with two attached hydrogens (primary N) is 1. The molecule has 1 rings (SSSR count). The van der Waals surface area contributed by atoms with Crippen molar-refractivity contribution in [3.8, 4) is 0 Å². The molecule has 0 bridgehead atoms. The summed E-state index contributed by atoms with van der Waals surface area (Å²) in [5.41, 5.74) is 8.57. The van der Waals surface area contributed by atoms with Gasteiger partial charge < -0.3 is 10.5 Å². The molecule has 0 radical (unpaired) electrons. The Morgan fingerprint density at radius 2 is 1.89 bits per heavy atom. The second-order valence-electron chi connectivity index (χ2n) is 3.26. The quantitative estimate of drug-likeness (QED) is 0.358. The van der Waals surface area contributed by atoms with Crippen LogP contribution >= 0.6 is 0 Å². The van der Waals surface area contributed by atoms with Gasteiger partial charge in [-0.1, -0.05) is 24.3 Å². The van der Waals surface area contributed by atoms with Gasteiger partial charge in [-0.2, -0.15) is 5.10 Å². The summed E-state index contributed by atoms with van der Waals surface area (Å²) in [6.07, 6.45) is 4.42. The highest BCUT2D eigenvalue weighted by molar-refractivity contribution is 5.87. The maximum Gasteiger partial charge on any atom is 0.332 e. The molecule has 0 saturated carbocycles. The molecule has 94 valence electrons. The molecule has 6 heteroatoms. The van der Waals surface area contributed by atoms with Gasteiger partial charge in [-0.05, 0) is 17.2 Å². The Hall–Kier alpha value is -2.63. The molecule has 18 heavy (non-hydrogen) atoms. The Balaban J connectivity index is 2.62. The summed E-state index contributed by atoms with van der Waals surface area (Å²) >= 11 is 0. The van der Waals surface area contributed by atoms with E-state index in [4.69, 9.17) is 5.73 Å². The molecule has 0 aliphatic heterocycles. The number of nitrogens with one attached hydrogen (secondary N) is 1. The number of benzene rings is 1. The first-order chi connectivity index (χ1) is 8.61. The molecule has 0 unspecified atom stereocenters. The number of hydrogen-bond acceptors (Lipinski definition) is 4. The number of amides is 2. The number of urea groups is 1. The molecule has 6 nitrogen and oxygen atoms in total. The molecule has 0 saturated heterocycles. The summed E-state index contributed by atoms with van der Waals surface area (Å²) in [7, 11) is 1.32. The topological polar surface area (TPSA) is 93.8 Å². The van der Waals surface area contributed by atoms with E-state index >= 15 is 0 Å². The van der Waals surface area contributed by atoms with Crippen LogP contribution in [0.15, 0.2) is 35.4 Å². The molecule has 0 heterocycles. The van der Waals surface area contributed by atoms with Crippen LogP contribution in [0.4, 0.5) is 4.79 Å². The van der Waals surface area contributed by atoms with Crippen molar-refractivity contribution in [1.29, 1.82) is 0 Å². The van der Waals surface area contributed by atoms with Gasteiger partial charge in [0, 0.05) is 6.08 Å². The number of primary amides is 1. The molecular weight excluding hydrogens is 234 g/mol. The number of carbonyl (C=O) groups excluding carboxylic acids is 2. The number of ether oxygens (including phenoxy) is 1. The minimum absolute atomic E-state index is 0.411. The number of hydrazone groups is 1. The molecule has 0 fully saturated rings. The lowest BCUT2D eigenvalue weighted by atomic mass is 10.1. The van der Waals surface area contributed by atoms with Crippen LogP contribution in [0.3, 0.4) is 0 Å². The van der Waals surface area contributed by atoms with Gasteiger partial charge in [0.05, 0.1) is 13.3 Å². The normalized spacial score (nSPS) is 10.7. The lowest BCUT2D eigenvalue weighted by Crippen LogP contribution is -2.24. The van der Waals surface area contributed by atoms with Crippen LogP contribution in [0.5, 0.6) is 0 Å². The Morgan fingerprint density at radius 3 is 2.44 bits per heavy atom. The molecule has 0 atom stereocenters. The Morgan fingerprint density at radius 1 is 1.28 bits per heavy atom. The maximum absolute atomic E-state index is 10.9. The van der Waals surface area contributed by atoms with Crippen molar-refractivity contribution in [2.45, 2.75) is 0 Å². The molecule has 0 aromatic heterocycles. The van der Waals surface area contributed by atoms with Gasteiger partial charge >= 0.3 is 12.0 Å². The van der Waals surface area contributed by atoms with Gasteiger partial charge in [0.15, 0.2) is 0 Å². The molecule has 3 N–H and O–H groups in total. The van der Waals surface area contributed by atoms with Crippen molar-refractivity contribution in [2.24, 2.45) is 10.8 Å². The van der Waals surface area contributed by atoms with Crippen molar-refractivity contribution in [3.63, 3.8) is 0 Å². The first-order valence-corrected chi connectivity index (χ1v) is 5.06. The van der Waals surface area contributed by atoms with E-state index in [-0.39, 0.29) is 0 Å². The molecule has 0 aliphatic rings. The first-order valence-electron chi connectivity index (χ1n) is 5.06. The predicted octanol–water partition coefficient (Wildman–Crippen LogP) is 0.875. The highest BCUT2D eigenvalue weighted by Gasteiger charge is 1.93. The maximum atomic E-state index is 10.9. The van der Waals surface area contributed by atoms with E-state index in [2.05, 4.69) is 15.3 Å². The number of rotatable bonds is 4. The van der Waals surface area contributed by atoms with E-state index in [0.717, 1.165) is 11.1 Å².